The van der Waals surface area contributed by atoms with Gasteiger partial charge in [-0.05, 0) is 52.9 Å². The largest absolute Gasteiger partial charge is 0.479 e. The van der Waals surface area contributed by atoms with E-state index < -0.39 is 12.0 Å². The number of rotatable bonds is 5. The van der Waals surface area contributed by atoms with E-state index in [1.54, 1.807) is 12.1 Å². The summed E-state index contributed by atoms with van der Waals surface area (Å²) in [4.78, 5) is 23.4. The molecule has 2 N–H and O–H groups in total. The van der Waals surface area contributed by atoms with Crippen LogP contribution >= 0.6 is 11.3 Å². The molecule has 1 amide bonds. The van der Waals surface area contributed by atoms with Crippen LogP contribution in [0.2, 0.25) is 0 Å². The lowest BCUT2D eigenvalue weighted by atomic mass is 10.0. The Morgan fingerprint density at radius 1 is 1.24 bits per heavy atom. The Kier molecular flexibility index (Phi) is 4.75. The molecule has 0 aliphatic rings. The van der Waals surface area contributed by atoms with Gasteiger partial charge in [-0.3, -0.25) is 4.79 Å². The number of thiophene rings is 1. The normalized spacial score (nSPS) is 11.9. The minimum atomic E-state index is -1.06. The summed E-state index contributed by atoms with van der Waals surface area (Å²) >= 11 is 1.51. The number of hydrogen-bond acceptors (Lipinski definition) is 3. The number of nitrogens with one attached hydrogen (secondary N) is 1. The molecule has 21 heavy (non-hydrogen) atoms. The van der Waals surface area contributed by atoms with Gasteiger partial charge >= 0.3 is 5.97 Å². The van der Waals surface area contributed by atoms with Crippen LogP contribution in [-0.4, -0.2) is 17.0 Å². The first-order chi connectivity index (χ1) is 9.97. The maximum Gasteiger partial charge on any atom is 0.330 e. The van der Waals surface area contributed by atoms with Gasteiger partial charge in [-0.25, -0.2) is 4.79 Å². The third-order valence-corrected chi connectivity index (χ3v) is 4.09. The molecule has 0 saturated carbocycles. The van der Waals surface area contributed by atoms with Crippen LogP contribution in [0, 0.1) is 13.8 Å². The Morgan fingerprint density at radius 3 is 2.57 bits per heavy atom. The van der Waals surface area contributed by atoms with Gasteiger partial charge in [-0.1, -0.05) is 18.2 Å². The summed E-state index contributed by atoms with van der Waals surface area (Å²) in [6, 6.07) is 6.25. The summed E-state index contributed by atoms with van der Waals surface area (Å²) in [5.41, 5.74) is 3.57. The van der Waals surface area contributed by atoms with Crippen LogP contribution in [0.3, 0.4) is 0 Å². The first-order valence-electron chi connectivity index (χ1n) is 6.58. The fraction of sp³-hybridized carbons (Fsp3) is 0.250. The molecule has 1 heterocycles. The number of amides is 1. The predicted octanol–water partition coefficient (Wildman–Crippen LogP) is 2.85. The quantitative estimate of drug-likeness (QED) is 0.892. The van der Waals surface area contributed by atoms with Gasteiger partial charge in [-0.15, -0.1) is 0 Å². The smallest absolute Gasteiger partial charge is 0.330 e. The lowest BCUT2D eigenvalue weighted by Gasteiger charge is -2.16. The second-order valence-corrected chi connectivity index (χ2v) is 5.77. The standard InChI is InChI=1S/C16H17NO3S/c1-10-3-4-13(7-11(10)2)15(16(19)20)17-14(18)8-12-5-6-21-9-12/h3-7,9,15H,8H2,1-2H3,(H,17,18)(H,19,20). The van der Waals surface area contributed by atoms with Crippen molar-refractivity contribution in [2.24, 2.45) is 0 Å². The molecule has 1 atom stereocenters. The lowest BCUT2D eigenvalue weighted by molar-refractivity contribution is -0.141. The van der Waals surface area contributed by atoms with Crippen LogP contribution in [0.4, 0.5) is 0 Å². The number of carbonyl (C=O) groups excluding carboxylic acids is 1. The van der Waals surface area contributed by atoms with Gasteiger partial charge < -0.3 is 10.4 Å². The van der Waals surface area contributed by atoms with Gasteiger partial charge in [-0.2, -0.15) is 11.3 Å². The molecular weight excluding hydrogens is 286 g/mol. The molecule has 5 heteroatoms. The van der Waals surface area contributed by atoms with Crippen molar-refractivity contribution >= 4 is 23.2 Å². The highest BCUT2D eigenvalue weighted by Gasteiger charge is 2.22. The van der Waals surface area contributed by atoms with Gasteiger partial charge in [0, 0.05) is 0 Å². The van der Waals surface area contributed by atoms with Crippen molar-refractivity contribution in [3.8, 4) is 0 Å². The van der Waals surface area contributed by atoms with Gasteiger partial charge in [0.05, 0.1) is 6.42 Å². The van der Waals surface area contributed by atoms with Gasteiger partial charge in [0.25, 0.3) is 0 Å². The number of benzene rings is 1. The first kappa shape index (κ1) is 15.3. The lowest BCUT2D eigenvalue weighted by Crippen LogP contribution is -2.34. The highest BCUT2D eigenvalue weighted by Crippen LogP contribution is 2.18. The van der Waals surface area contributed by atoms with E-state index in [9.17, 15) is 14.7 Å². The molecule has 1 aromatic carbocycles. The molecule has 0 aliphatic carbocycles. The van der Waals surface area contributed by atoms with E-state index in [0.717, 1.165) is 16.7 Å². The zero-order valence-electron chi connectivity index (χ0n) is 11.9. The molecule has 0 saturated heterocycles. The van der Waals surface area contributed by atoms with Crippen molar-refractivity contribution in [3.05, 3.63) is 57.3 Å². The summed E-state index contributed by atoms with van der Waals surface area (Å²) < 4.78 is 0. The molecule has 1 unspecified atom stereocenters. The van der Waals surface area contributed by atoms with Crippen molar-refractivity contribution in [1.29, 1.82) is 0 Å². The number of aryl methyl sites for hydroxylation is 2. The van der Waals surface area contributed by atoms with Crippen LogP contribution in [0.5, 0.6) is 0 Å². The predicted molar refractivity (Wildman–Crippen MR) is 82.5 cm³/mol. The molecule has 0 radical (unpaired) electrons. The first-order valence-corrected chi connectivity index (χ1v) is 7.52. The van der Waals surface area contributed by atoms with Gasteiger partial charge in [0.1, 0.15) is 0 Å². The molecule has 2 aromatic rings. The van der Waals surface area contributed by atoms with Crippen molar-refractivity contribution < 1.29 is 14.7 Å². The summed E-state index contributed by atoms with van der Waals surface area (Å²) in [6.45, 7) is 3.88. The highest BCUT2D eigenvalue weighted by atomic mass is 32.1. The Labute approximate surface area is 127 Å². The molecular formula is C16H17NO3S. The summed E-state index contributed by atoms with van der Waals surface area (Å²) in [5, 5.41) is 15.7. The number of hydrogen-bond donors (Lipinski definition) is 2. The van der Waals surface area contributed by atoms with Gasteiger partial charge in [0.2, 0.25) is 5.91 Å². The maximum atomic E-state index is 12.0. The highest BCUT2D eigenvalue weighted by molar-refractivity contribution is 7.07. The topological polar surface area (TPSA) is 66.4 Å². The van der Waals surface area contributed by atoms with E-state index in [4.69, 9.17) is 0 Å². The summed E-state index contributed by atoms with van der Waals surface area (Å²) in [6.07, 6.45) is 0.193. The molecule has 0 fully saturated rings. The minimum Gasteiger partial charge on any atom is -0.479 e. The fourth-order valence-corrected chi connectivity index (χ4v) is 2.69. The van der Waals surface area contributed by atoms with Crippen molar-refractivity contribution in [2.75, 3.05) is 0 Å². The van der Waals surface area contributed by atoms with Crippen LogP contribution in [-0.2, 0) is 16.0 Å². The number of carboxylic acids is 1. The number of carbonyl (C=O) groups is 2. The van der Waals surface area contributed by atoms with E-state index in [1.165, 1.54) is 11.3 Å². The molecule has 1 aromatic heterocycles. The van der Waals surface area contributed by atoms with E-state index in [2.05, 4.69) is 5.32 Å². The summed E-state index contributed by atoms with van der Waals surface area (Å²) in [5.74, 6) is -1.35. The third-order valence-electron chi connectivity index (χ3n) is 3.36. The fourth-order valence-electron chi connectivity index (χ4n) is 2.02. The maximum absolute atomic E-state index is 12.0. The molecule has 0 aliphatic heterocycles. The number of aliphatic carboxylic acids is 1. The molecule has 110 valence electrons. The minimum absolute atomic E-state index is 0.193. The molecule has 4 nitrogen and oxygen atoms in total. The van der Waals surface area contributed by atoms with Crippen LogP contribution in [0.25, 0.3) is 0 Å². The van der Waals surface area contributed by atoms with Crippen molar-refractivity contribution in [2.45, 2.75) is 26.3 Å². The van der Waals surface area contributed by atoms with Crippen LogP contribution in [0.1, 0.15) is 28.3 Å². The van der Waals surface area contributed by atoms with Crippen LogP contribution in [0.15, 0.2) is 35.0 Å². The average molecular weight is 303 g/mol. The van der Waals surface area contributed by atoms with E-state index in [-0.39, 0.29) is 12.3 Å². The number of carboxylic acid groups (broad SMARTS) is 1. The second kappa shape index (κ2) is 6.54. The average Bonchev–Trinajstić information content (AvgIpc) is 2.92. The zero-order chi connectivity index (χ0) is 15.4. The zero-order valence-corrected chi connectivity index (χ0v) is 12.7. The van der Waals surface area contributed by atoms with E-state index in [1.807, 2.05) is 36.7 Å². The Balaban J connectivity index is 2.13. The Hall–Kier alpha value is -2.14. The van der Waals surface area contributed by atoms with Gasteiger partial charge in [0.15, 0.2) is 6.04 Å². The SMILES string of the molecule is Cc1ccc(C(NC(=O)Cc2ccsc2)C(=O)O)cc1C. The van der Waals surface area contributed by atoms with Crippen molar-refractivity contribution in [3.63, 3.8) is 0 Å². The molecule has 0 spiro atoms. The molecule has 0 bridgehead atoms. The Bertz CT molecular complexity index is 650. The van der Waals surface area contributed by atoms with E-state index in [0.29, 0.717) is 5.56 Å². The summed E-state index contributed by atoms with van der Waals surface area (Å²) in [7, 11) is 0. The third kappa shape index (κ3) is 3.92. The van der Waals surface area contributed by atoms with Crippen molar-refractivity contribution in [1.82, 2.24) is 5.32 Å². The van der Waals surface area contributed by atoms with E-state index >= 15 is 0 Å². The van der Waals surface area contributed by atoms with Crippen LogP contribution < -0.4 is 5.32 Å². The monoisotopic (exact) mass is 303 g/mol. The Morgan fingerprint density at radius 2 is 2.00 bits per heavy atom. The second-order valence-electron chi connectivity index (χ2n) is 4.99. The molecule has 2 rings (SSSR count).